The van der Waals surface area contributed by atoms with Gasteiger partial charge in [-0.05, 0) is 49.4 Å². The van der Waals surface area contributed by atoms with Crippen molar-refractivity contribution in [2.24, 2.45) is 0 Å². The molecule has 33 heavy (non-hydrogen) atoms. The molecule has 0 unspecified atom stereocenters. The molecule has 5 rings (SSSR count). The number of benzene rings is 1. The Balaban J connectivity index is 1.42. The molecule has 1 aliphatic carbocycles. The Morgan fingerprint density at radius 3 is 2.67 bits per heavy atom. The van der Waals surface area contributed by atoms with Crippen LogP contribution in [0.15, 0.2) is 53.9 Å². The van der Waals surface area contributed by atoms with E-state index in [1.54, 1.807) is 16.2 Å². The largest absolute Gasteiger partial charge is 0.352 e. The summed E-state index contributed by atoms with van der Waals surface area (Å²) in [7, 11) is 0. The van der Waals surface area contributed by atoms with Gasteiger partial charge in [0.25, 0.3) is 5.91 Å². The Labute approximate surface area is 200 Å². The van der Waals surface area contributed by atoms with Crippen LogP contribution in [0.3, 0.4) is 0 Å². The van der Waals surface area contributed by atoms with Crippen LogP contribution in [-0.4, -0.2) is 39.1 Å². The van der Waals surface area contributed by atoms with Gasteiger partial charge < -0.3 is 10.2 Å². The van der Waals surface area contributed by atoms with E-state index in [2.05, 4.69) is 10.4 Å². The minimum atomic E-state index is -0.120. The number of nitrogens with zero attached hydrogens (tertiary/aromatic N) is 3. The standard InChI is InChI=1S/C25H26N4O2S2/c1-17-21-14-22(33-25(21)29(27-17)19-10-3-2-4-11-19)24(31)28(15-20-12-7-13-32-20)16-23(30)26-18-8-5-6-9-18/h2-4,7,10-14,18H,5-6,8-9,15-16H2,1H3,(H,26,30). The molecule has 1 N–H and O–H groups in total. The van der Waals surface area contributed by atoms with Crippen molar-refractivity contribution in [3.8, 4) is 5.69 Å². The summed E-state index contributed by atoms with van der Waals surface area (Å²) in [5, 5.41) is 10.8. The first-order valence-corrected chi connectivity index (χ1v) is 12.9. The van der Waals surface area contributed by atoms with Gasteiger partial charge >= 0.3 is 0 Å². The third-order valence-corrected chi connectivity index (χ3v) is 7.98. The molecule has 1 aromatic carbocycles. The van der Waals surface area contributed by atoms with Crippen LogP contribution in [0, 0.1) is 6.92 Å². The average molecular weight is 479 g/mol. The lowest BCUT2D eigenvalue weighted by Crippen LogP contribution is -2.43. The van der Waals surface area contributed by atoms with E-state index in [0.717, 1.165) is 52.2 Å². The van der Waals surface area contributed by atoms with Gasteiger partial charge in [-0.1, -0.05) is 37.1 Å². The predicted molar refractivity (Wildman–Crippen MR) is 133 cm³/mol. The van der Waals surface area contributed by atoms with Gasteiger partial charge in [0, 0.05) is 16.3 Å². The number of para-hydroxylation sites is 1. The Morgan fingerprint density at radius 1 is 1.15 bits per heavy atom. The average Bonchev–Trinajstić information content (AvgIpc) is 3.61. The van der Waals surface area contributed by atoms with Gasteiger partial charge in [0.15, 0.2) is 0 Å². The summed E-state index contributed by atoms with van der Waals surface area (Å²) in [6, 6.07) is 16.1. The van der Waals surface area contributed by atoms with E-state index in [1.165, 1.54) is 11.3 Å². The summed E-state index contributed by atoms with van der Waals surface area (Å²) in [5.74, 6) is -0.204. The highest BCUT2D eigenvalue weighted by atomic mass is 32.1. The zero-order valence-corrected chi connectivity index (χ0v) is 20.1. The van der Waals surface area contributed by atoms with Crippen molar-refractivity contribution in [1.82, 2.24) is 20.0 Å². The maximum Gasteiger partial charge on any atom is 0.264 e. The van der Waals surface area contributed by atoms with Crippen molar-refractivity contribution in [3.63, 3.8) is 0 Å². The molecule has 0 saturated heterocycles. The quantitative estimate of drug-likeness (QED) is 0.399. The van der Waals surface area contributed by atoms with Gasteiger partial charge in [0.1, 0.15) is 11.4 Å². The molecule has 1 saturated carbocycles. The van der Waals surface area contributed by atoms with Crippen LogP contribution in [0.4, 0.5) is 0 Å². The predicted octanol–water partition coefficient (Wildman–Crippen LogP) is 5.16. The van der Waals surface area contributed by atoms with E-state index >= 15 is 0 Å². The number of amides is 2. The van der Waals surface area contributed by atoms with Crippen molar-refractivity contribution in [2.45, 2.75) is 45.2 Å². The van der Waals surface area contributed by atoms with Crippen LogP contribution in [0.5, 0.6) is 0 Å². The second kappa shape index (κ2) is 9.49. The van der Waals surface area contributed by atoms with Gasteiger partial charge in [-0.2, -0.15) is 5.10 Å². The Bertz CT molecular complexity index is 1250. The number of hydrogen-bond acceptors (Lipinski definition) is 5. The number of nitrogens with one attached hydrogen (secondary N) is 1. The number of hydrogen-bond donors (Lipinski definition) is 1. The highest BCUT2D eigenvalue weighted by Gasteiger charge is 2.25. The summed E-state index contributed by atoms with van der Waals surface area (Å²) < 4.78 is 1.89. The molecule has 4 aromatic rings. The molecule has 8 heteroatoms. The normalized spacial score (nSPS) is 14.1. The van der Waals surface area contributed by atoms with Gasteiger partial charge in [-0.15, -0.1) is 22.7 Å². The van der Waals surface area contributed by atoms with Crippen molar-refractivity contribution in [1.29, 1.82) is 0 Å². The Kier molecular flexibility index (Phi) is 6.28. The molecule has 0 spiro atoms. The van der Waals surface area contributed by atoms with E-state index in [-0.39, 0.29) is 24.4 Å². The van der Waals surface area contributed by atoms with E-state index in [9.17, 15) is 9.59 Å². The fourth-order valence-corrected chi connectivity index (χ4v) is 6.23. The van der Waals surface area contributed by atoms with Crippen LogP contribution < -0.4 is 5.32 Å². The summed E-state index contributed by atoms with van der Waals surface area (Å²) in [4.78, 5) is 30.7. The van der Waals surface area contributed by atoms with Crippen LogP contribution in [-0.2, 0) is 11.3 Å². The summed E-state index contributed by atoms with van der Waals surface area (Å²) >= 11 is 3.03. The topological polar surface area (TPSA) is 67.2 Å². The Morgan fingerprint density at radius 2 is 1.94 bits per heavy atom. The first kappa shape index (κ1) is 21.9. The summed E-state index contributed by atoms with van der Waals surface area (Å²) in [5.41, 5.74) is 1.84. The van der Waals surface area contributed by atoms with Crippen LogP contribution in [0.25, 0.3) is 15.9 Å². The van der Waals surface area contributed by atoms with Crippen molar-refractivity contribution >= 4 is 44.7 Å². The molecule has 3 aromatic heterocycles. The first-order valence-electron chi connectivity index (χ1n) is 11.2. The number of aryl methyl sites for hydroxylation is 1. The molecule has 0 bridgehead atoms. The van der Waals surface area contributed by atoms with Crippen molar-refractivity contribution in [3.05, 3.63) is 69.4 Å². The lowest BCUT2D eigenvalue weighted by atomic mass is 10.2. The first-order chi connectivity index (χ1) is 16.1. The van der Waals surface area contributed by atoms with Crippen molar-refractivity contribution < 1.29 is 9.59 Å². The highest BCUT2D eigenvalue weighted by Crippen LogP contribution is 2.31. The Hall–Kier alpha value is -2.97. The number of fused-ring (bicyclic) bond motifs is 1. The fourth-order valence-electron chi connectivity index (χ4n) is 4.36. The maximum absolute atomic E-state index is 13.6. The third kappa shape index (κ3) is 4.72. The smallest absolute Gasteiger partial charge is 0.264 e. The third-order valence-electron chi connectivity index (χ3n) is 6.02. The van der Waals surface area contributed by atoms with Gasteiger partial charge in [-0.3, -0.25) is 9.59 Å². The van der Waals surface area contributed by atoms with Crippen LogP contribution >= 0.6 is 22.7 Å². The van der Waals surface area contributed by atoms with Crippen LogP contribution in [0.1, 0.15) is 45.9 Å². The molecule has 6 nitrogen and oxygen atoms in total. The molecule has 1 aliphatic rings. The fraction of sp³-hybridized carbons (Fsp3) is 0.320. The second-order valence-electron chi connectivity index (χ2n) is 8.45. The van der Waals surface area contributed by atoms with Gasteiger partial charge in [0.05, 0.1) is 22.8 Å². The lowest BCUT2D eigenvalue weighted by Gasteiger charge is -2.22. The van der Waals surface area contributed by atoms with E-state index in [1.807, 2.05) is 65.5 Å². The molecule has 0 aliphatic heterocycles. The molecule has 1 fully saturated rings. The molecule has 0 atom stereocenters. The number of rotatable bonds is 7. The highest BCUT2D eigenvalue weighted by molar-refractivity contribution is 7.20. The molecule has 170 valence electrons. The maximum atomic E-state index is 13.6. The zero-order chi connectivity index (χ0) is 22.8. The number of thiophene rings is 2. The zero-order valence-electron chi connectivity index (χ0n) is 18.5. The van der Waals surface area contributed by atoms with E-state index in [4.69, 9.17) is 0 Å². The molecule has 0 radical (unpaired) electrons. The summed E-state index contributed by atoms with van der Waals surface area (Å²) in [6.45, 7) is 2.44. The van der Waals surface area contributed by atoms with Crippen molar-refractivity contribution in [2.75, 3.05) is 6.54 Å². The molecular weight excluding hydrogens is 452 g/mol. The van der Waals surface area contributed by atoms with E-state index < -0.39 is 0 Å². The number of aromatic nitrogens is 2. The minimum Gasteiger partial charge on any atom is -0.352 e. The number of carbonyl (C=O) groups is 2. The monoisotopic (exact) mass is 478 g/mol. The number of carbonyl (C=O) groups excluding carboxylic acids is 2. The second-order valence-corrected chi connectivity index (χ2v) is 10.5. The SMILES string of the molecule is Cc1nn(-c2ccccc2)c2sc(C(=O)N(CC(=O)NC3CCCC3)Cc3cccs3)cc12. The van der Waals surface area contributed by atoms with Crippen LogP contribution in [0.2, 0.25) is 0 Å². The molecule has 2 amide bonds. The minimum absolute atomic E-state index is 0.0608. The lowest BCUT2D eigenvalue weighted by molar-refractivity contribution is -0.122. The van der Waals surface area contributed by atoms with Gasteiger partial charge in [0.2, 0.25) is 5.91 Å². The van der Waals surface area contributed by atoms with Gasteiger partial charge in [-0.25, -0.2) is 4.68 Å². The molecule has 3 heterocycles. The summed E-state index contributed by atoms with van der Waals surface area (Å²) in [6.07, 6.45) is 4.36. The molecular formula is C25H26N4O2S2. The van der Waals surface area contributed by atoms with E-state index in [0.29, 0.717) is 11.4 Å².